The van der Waals surface area contributed by atoms with Crippen LogP contribution in [0.3, 0.4) is 0 Å². The molecule has 0 aromatic carbocycles. The number of unbranched alkanes of at least 4 members (excludes halogenated alkanes) is 22. The molecular formula is C32H64O4. The minimum Gasteiger partial charge on any atom is -0.457 e. The smallest absolute Gasteiger partial charge is 0.306 e. The van der Waals surface area contributed by atoms with Crippen LogP contribution in [0.4, 0.5) is 0 Å². The highest BCUT2D eigenvalue weighted by atomic mass is 16.6. The van der Waals surface area contributed by atoms with Crippen molar-refractivity contribution in [1.82, 2.24) is 0 Å². The molecule has 0 aliphatic rings. The van der Waals surface area contributed by atoms with E-state index >= 15 is 0 Å². The van der Waals surface area contributed by atoms with Crippen molar-refractivity contribution in [3.05, 3.63) is 0 Å². The Morgan fingerprint density at radius 2 is 0.917 bits per heavy atom. The summed E-state index contributed by atoms with van der Waals surface area (Å²) in [5.74, 6) is -0.200. The Hall–Kier alpha value is -0.610. The molecule has 4 nitrogen and oxygen atoms in total. The van der Waals surface area contributed by atoms with Gasteiger partial charge in [-0.05, 0) is 12.8 Å². The molecule has 36 heavy (non-hydrogen) atoms. The monoisotopic (exact) mass is 512 g/mol. The van der Waals surface area contributed by atoms with E-state index in [1.54, 1.807) is 0 Å². The van der Waals surface area contributed by atoms with Crippen LogP contribution in [0, 0.1) is 0 Å². The van der Waals surface area contributed by atoms with E-state index in [0.29, 0.717) is 19.6 Å². The summed E-state index contributed by atoms with van der Waals surface area (Å²) < 4.78 is 11.1. The molecule has 1 N–H and O–H groups in total. The summed E-state index contributed by atoms with van der Waals surface area (Å²) >= 11 is 0. The van der Waals surface area contributed by atoms with Crippen LogP contribution in [-0.4, -0.2) is 37.0 Å². The average Bonchev–Trinajstić information content (AvgIpc) is 2.88. The fourth-order valence-corrected chi connectivity index (χ4v) is 4.74. The van der Waals surface area contributed by atoms with Crippen molar-refractivity contribution in [2.24, 2.45) is 0 Å². The van der Waals surface area contributed by atoms with Crippen LogP contribution < -0.4 is 0 Å². The number of aliphatic hydroxyl groups is 1. The van der Waals surface area contributed by atoms with Gasteiger partial charge in [-0.2, -0.15) is 0 Å². The third-order valence-corrected chi connectivity index (χ3v) is 7.18. The van der Waals surface area contributed by atoms with Gasteiger partial charge in [0, 0.05) is 13.0 Å². The molecular weight excluding hydrogens is 448 g/mol. The van der Waals surface area contributed by atoms with Crippen molar-refractivity contribution in [1.29, 1.82) is 0 Å². The van der Waals surface area contributed by atoms with E-state index in [2.05, 4.69) is 13.8 Å². The number of carbonyl (C=O) groups is 1. The quantitative estimate of drug-likeness (QED) is 0.0768. The molecule has 0 spiro atoms. The van der Waals surface area contributed by atoms with Gasteiger partial charge in [-0.25, -0.2) is 0 Å². The van der Waals surface area contributed by atoms with Crippen molar-refractivity contribution in [2.45, 2.75) is 180 Å². The predicted octanol–water partition coefficient (Wildman–Crippen LogP) is 9.70. The Balaban J connectivity index is 3.40. The molecule has 0 radical (unpaired) electrons. The Morgan fingerprint density at radius 3 is 1.31 bits per heavy atom. The summed E-state index contributed by atoms with van der Waals surface area (Å²) in [5.41, 5.74) is 0. The van der Waals surface area contributed by atoms with Crippen molar-refractivity contribution in [3.8, 4) is 0 Å². The molecule has 0 saturated carbocycles. The molecule has 0 saturated heterocycles. The van der Waals surface area contributed by atoms with Gasteiger partial charge < -0.3 is 14.6 Å². The van der Waals surface area contributed by atoms with Gasteiger partial charge in [0.05, 0.1) is 13.2 Å². The number of hydrogen-bond acceptors (Lipinski definition) is 4. The summed E-state index contributed by atoms with van der Waals surface area (Å²) in [4.78, 5) is 12.0. The maximum Gasteiger partial charge on any atom is 0.306 e. The summed E-state index contributed by atoms with van der Waals surface area (Å²) in [5, 5.41) is 9.49. The number of esters is 1. The summed E-state index contributed by atoms with van der Waals surface area (Å²) in [6, 6.07) is 0. The Labute approximate surface area is 225 Å². The van der Waals surface area contributed by atoms with Gasteiger partial charge in [0.25, 0.3) is 0 Å². The maximum absolute atomic E-state index is 12.0. The van der Waals surface area contributed by atoms with Gasteiger partial charge in [-0.3, -0.25) is 4.79 Å². The first-order chi connectivity index (χ1) is 17.7. The van der Waals surface area contributed by atoms with E-state index in [4.69, 9.17) is 9.47 Å². The highest BCUT2D eigenvalue weighted by Crippen LogP contribution is 2.14. The van der Waals surface area contributed by atoms with Gasteiger partial charge >= 0.3 is 5.97 Å². The van der Waals surface area contributed by atoms with Gasteiger partial charge in [-0.15, -0.1) is 0 Å². The Bertz CT molecular complexity index is 426. The first-order valence-corrected chi connectivity index (χ1v) is 16.1. The molecule has 0 bridgehead atoms. The van der Waals surface area contributed by atoms with E-state index < -0.39 is 6.10 Å². The normalized spacial score (nSPS) is 12.2. The predicted molar refractivity (Wildman–Crippen MR) is 155 cm³/mol. The van der Waals surface area contributed by atoms with Crippen LogP contribution in [0.2, 0.25) is 0 Å². The molecule has 1 atom stereocenters. The van der Waals surface area contributed by atoms with Gasteiger partial charge in [-0.1, -0.05) is 155 Å². The van der Waals surface area contributed by atoms with E-state index in [1.165, 1.54) is 135 Å². The first kappa shape index (κ1) is 35.4. The zero-order chi connectivity index (χ0) is 26.4. The third kappa shape index (κ3) is 28.0. The Kier molecular flexibility index (Phi) is 30.1. The van der Waals surface area contributed by atoms with E-state index in [1.807, 2.05) is 0 Å². The molecule has 216 valence electrons. The summed E-state index contributed by atoms with van der Waals surface area (Å²) in [6.45, 7) is 5.36. The number of rotatable bonds is 30. The molecule has 0 rings (SSSR count). The van der Waals surface area contributed by atoms with Crippen molar-refractivity contribution in [2.75, 3.05) is 19.8 Å². The van der Waals surface area contributed by atoms with E-state index in [9.17, 15) is 9.90 Å². The highest BCUT2D eigenvalue weighted by Gasteiger charge is 2.13. The van der Waals surface area contributed by atoms with Crippen LogP contribution >= 0.6 is 0 Å². The molecule has 0 aromatic heterocycles. The maximum atomic E-state index is 12.0. The molecule has 0 aliphatic carbocycles. The van der Waals surface area contributed by atoms with Crippen LogP contribution in [-0.2, 0) is 14.3 Å². The zero-order valence-electron chi connectivity index (χ0n) is 24.5. The number of hydrogen-bond donors (Lipinski definition) is 1. The molecule has 0 fully saturated rings. The topological polar surface area (TPSA) is 55.8 Å². The molecule has 0 amide bonds. The standard InChI is InChI=1S/C32H64O4/c1-3-5-7-9-11-13-15-16-18-20-22-24-26-28-35-30-31(29-33)36-32(34)27-25-23-21-19-17-14-12-10-8-6-4-2/h31,33H,3-30H2,1-2H3. The van der Waals surface area contributed by atoms with Gasteiger partial charge in [0.2, 0.25) is 0 Å². The van der Waals surface area contributed by atoms with Gasteiger partial charge in [0.1, 0.15) is 6.10 Å². The van der Waals surface area contributed by atoms with E-state index in [0.717, 1.165) is 19.3 Å². The summed E-state index contributed by atoms with van der Waals surface area (Å²) in [7, 11) is 0. The lowest BCUT2D eigenvalue weighted by Crippen LogP contribution is -2.27. The lowest BCUT2D eigenvalue weighted by Gasteiger charge is -2.16. The lowest BCUT2D eigenvalue weighted by atomic mass is 10.0. The van der Waals surface area contributed by atoms with Crippen LogP contribution in [0.1, 0.15) is 174 Å². The van der Waals surface area contributed by atoms with Gasteiger partial charge in [0.15, 0.2) is 0 Å². The fraction of sp³-hybridized carbons (Fsp3) is 0.969. The minimum atomic E-state index is -0.521. The molecule has 4 heteroatoms. The molecule has 0 aromatic rings. The Morgan fingerprint density at radius 1 is 0.556 bits per heavy atom. The molecule has 1 unspecified atom stereocenters. The lowest BCUT2D eigenvalue weighted by molar-refractivity contribution is -0.154. The second-order valence-corrected chi connectivity index (χ2v) is 10.9. The van der Waals surface area contributed by atoms with Crippen LogP contribution in [0.5, 0.6) is 0 Å². The average molecular weight is 513 g/mol. The number of carbonyl (C=O) groups excluding carboxylic acids is 1. The van der Waals surface area contributed by atoms with Crippen LogP contribution in [0.25, 0.3) is 0 Å². The largest absolute Gasteiger partial charge is 0.457 e. The second-order valence-electron chi connectivity index (χ2n) is 10.9. The SMILES string of the molecule is CCCCCCCCCCCCCCCOCC(CO)OC(=O)CCCCCCCCCCCCC. The molecule has 0 heterocycles. The van der Waals surface area contributed by atoms with E-state index in [-0.39, 0.29) is 12.6 Å². The van der Waals surface area contributed by atoms with Crippen molar-refractivity contribution in [3.63, 3.8) is 0 Å². The third-order valence-electron chi connectivity index (χ3n) is 7.18. The van der Waals surface area contributed by atoms with Crippen LogP contribution in [0.15, 0.2) is 0 Å². The summed E-state index contributed by atoms with van der Waals surface area (Å²) in [6.07, 6.45) is 31.2. The van der Waals surface area contributed by atoms with Crippen molar-refractivity contribution >= 4 is 5.97 Å². The highest BCUT2D eigenvalue weighted by molar-refractivity contribution is 5.69. The first-order valence-electron chi connectivity index (χ1n) is 16.1. The second kappa shape index (κ2) is 30.6. The number of aliphatic hydroxyl groups excluding tert-OH is 1. The van der Waals surface area contributed by atoms with Crippen molar-refractivity contribution < 1.29 is 19.4 Å². The number of ether oxygens (including phenoxy) is 2. The fourth-order valence-electron chi connectivity index (χ4n) is 4.74. The minimum absolute atomic E-state index is 0.164. The zero-order valence-corrected chi connectivity index (χ0v) is 24.5. The molecule has 0 aliphatic heterocycles.